The smallest absolute Gasteiger partial charge is 0.264 e. The number of aryl methyl sites for hydroxylation is 1. The first-order valence-electron chi connectivity index (χ1n) is 9.86. The fourth-order valence-electron chi connectivity index (χ4n) is 3.64. The van der Waals surface area contributed by atoms with E-state index in [0.29, 0.717) is 22.0 Å². The molecule has 0 radical (unpaired) electrons. The quantitative estimate of drug-likeness (QED) is 0.370. The number of sulfonamides is 1. The highest BCUT2D eigenvalue weighted by molar-refractivity contribution is 7.89. The van der Waals surface area contributed by atoms with Crippen LogP contribution < -0.4 is 4.72 Å². The summed E-state index contributed by atoms with van der Waals surface area (Å²) in [6, 6.07) is 19.1. The maximum absolute atomic E-state index is 12.7. The summed E-state index contributed by atoms with van der Waals surface area (Å²) in [6.45, 7) is 1.95. The van der Waals surface area contributed by atoms with E-state index in [0.717, 1.165) is 27.7 Å². The molecule has 0 aliphatic rings. The predicted molar refractivity (Wildman–Crippen MR) is 129 cm³/mol. The first-order chi connectivity index (χ1) is 15.2. The molecule has 0 atom stereocenters. The molecule has 0 saturated heterocycles. The summed E-state index contributed by atoms with van der Waals surface area (Å²) >= 11 is 12.3. The molecule has 0 spiro atoms. The van der Waals surface area contributed by atoms with Crippen molar-refractivity contribution >= 4 is 50.0 Å². The molecule has 1 heterocycles. The summed E-state index contributed by atoms with van der Waals surface area (Å²) in [5.41, 5.74) is 4.54. The largest absolute Gasteiger partial charge is 0.358 e. The number of H-pyrrole nitrogens is 1. The van der Waals surface area contributed by atoms with Crippen LogP contribution in [-0.2, 0) is 22.2 Å². The molecule has 1 aromatic heterocycles. The number of fused-ring (bicyclic) bond motifs is 1. The third-order valence-electron chi connectivity index (χ3n) is 5.21. The predicted octanol–water partition coefficient (Wildman–Crippen LogP) is 5.63. The first-order valence-corrected chi connectivity index (χ1v) is 12.3. The Hall–Kier alpha value is -2.80. The Morgan fingerprint density at radius 3 is 2.47 bits per heavy atom. The number of carbonyl (C=O) groups excluding carboxylic acids is 1. The second kappa shape index (κ2) is 8.98. The highest BCUT2D eigenvalue weighted by atomic mass is 35.5. The van der Waals surface area contributed by atoms with Crippen LogP contribution >= 0.6 is 23.2 Å². The van der Waals surface area contributed by atoms with Gasteiger partial charge in [0.1, 0.15) is 0 Å². The van der Waals surface area contributed by atoms with Crippen LogP contribution in [0, 0.1) is 6.92 Å². The Morgan fingerprint density at radius 1 is 1.00 bits per heavy atom. The zero-order chi connectivity index (χ0) is 22.9. The van der Waals surface area contributed by atoms with Crippen LogP contribution in [0.5, 0.6) is 0 Å². The van der Waals surface area contributed by atoms with Crippen LogP contribution in [0.2, 0.25) is 10.0 Å². The van der Waals surface area contributed by atoms with E-state index in [9.17, 15) is 13.2 Å². The van der Waals surface area contributed by atoms with E-state index >= 15 is 0 Å². The molecule has 2 N–H and O–H groups in total. The second-order valence-electron chi connectivity index (χ2n) is 7.58. The van der Waals surface area contributed by atoms with Crippen LogP contribution in [0.3, 0.4) is 0 Å². The molecule has 4 rings (SSSR count). The van der Waals surface area contributed by atoms with Crippen LogP contribution in [0.15, 0.2) is 66.7 Å². The van der Waals surface area contributed by atoms with Gasteiger partial charge in [-0.25, -0.2) is 13.1 Å². The lowest BCUT2D eigenvalue weighted by molar-refractivity contribution is 0.0981. The van der Waals surface area contributed by atoms with Gasteiger partial charge in [0.2, 0.25) is 10.0 Å². The molecule has 8 heteroatoms. The number of aromatic nitrogens is 1. The lowest BCUT2D eigenvalue weighted by Gasteiger charge is -2.08. The van der Waals surface area contributed by atoms with Gasteiger partial charge < -0.3 is 4.98 Å². The number of nitrogens with one attached hydrogen (secondary N) is 2. The van der Waals surface area contributed by atoms with Crippen molar-refractivity contribution in [1.29, 1.82) is 0 Å². The second-order valence-corrected chi connectivity index (χ2v) is 10.1. The highest BCUT2D eigenvalue weighted by Crippen LogP contribution is 2.29. The van der Waals surface area contributed by atoms with Crippen molar-refractivity contribution in [2.24, 2.45) is 0 Å². The number of carbonyl (C=O) groups is 1. The molecule has 0 fully saturated rings. The molecule has 5 nitrogen and oxygen atoms in total. The topological polar surface area (TPSA) is 79.0 Å². The van der Waals surface area contributed by atoms with Gasteiger partial charge in [-0.15, -0.1) is 0 Å². The molecule has 164 valence electrons. The number of hydrogen-bond donors (Lipinski definition) is 2. The molecule has 0 unspecified atom stereocenters. The van der Waals surface area contributed by atoms with E-state index in [1.54, 1.807) is 60.7 Å². The SMILES string of the molecule is Cc1[nH]c2ccc(C(=O)NS(=O)(=O)Cc3ccccc3)cc2c1Cc1ccc(Cl)cc1Cl. The number of benzene rings is 3. The van der Waals surface area contributed by atoms with Crippen molar-refractivity contribution < 1.29 is 13.2 Å². The van der Waals surface area contributed by atoms with Crippen molar-refractivity contribution in [3.05, 3.63) is 105 Å². The van der Waals surface area contributed by atoms with E-state index in [1.807, 2.05) is 13.0 Å². The van der Waals surface area contributed by atoms with Crippen molar-refractivity contribution in [1.82, 2.24) is 9.71 Å². The summed E-state index contributed by atoms with van der Waals surface area (Å²) in [5.74, 6) is -0.942. The van der Waals surface area contributed by atoms with Crippen LogP contribution in [0.1, 0.15) is 32.7 Å². The molecule has 0 bridgehead atoms. The lowest BCUT2D eigenvalue weighted by atomic mass is 10.0. The zero-order valence-electron chi connectivity index (χ0n) is 17.2. The van der Waals surface area contributed by atoms with E-state index in [-0.39, 0.29) is 11.3 Å². The zero-order valence-corrected chi connectivity index (χ0v) is 19.5. The van der Waals surface area contributed by atoms with Gasteiger partial charge in [-0.3, -0.25) is 4.79 Å². The minimum Gasteiger partial charge on any atom is -0.358 e. The van der Waals surface area contributed by atoms with E-state index < -0.39 is 15.9 Å². The summed E-state index contributed by atoms with van der Waals surface area (Å²) in [6.07, 6.45) is 0.541. The Kier molecular flexibility index (Phi) is 6.29. The molecule has 1 amide bonds. The van der Waals surface area contributed by atoms with Gasteiger partial charge in [-0.1, -0.05) is 59.6 Å². The van der Waals surface area contributed by atoms with Gasteiger partial charge in [0.25, 0.3) is 5.91 Å². The standard InChI is InChI=1S/C24H20Cl2N2O3S/c1-15-20(11-17-7-9-19(25)13-22(17)26)21-12-18(8-10-23(21)27-15)24(29)28-32(30,31)14-16-5-3-2-4-6-16/h2-10,12-13,27H,11,14H2,1H3,(H,28,29). The lowest BCUT2D eigenvalue weighted by Crippen LogP contribution is -2.31. The number of rotatable bonds is 6. The molecule has 0 aliphatic heterocycles. The van der Waals surface area contributed by atoms with Gasteiger partial charge in [0.15, 0.2) is 0 Å². The van der Waals surface area contributed by atoms with Crippen molar-refractivity contribution in [2.75, 3.05) is 0 Å². The van der Waals surface area contributed by atoms with Gasteiger partial charge in [0.05, 0.1) is 5.75 Å². The Balaban J connectivity index is 1.61. The van der Waals surface area contributed by atoms with E-state index in [1.165, 1.54) is 0 Å². The highest BCUT2D eigenvalue weighted by Gasteiger charge is 2.19. The van der Waals surface area contributed by atoms with E-state index in [2.05, 4.69) is 9.71 Å². The first kappa shape index (κ1) is 22.4. The summed E-state index contributed by atoms with van der Waals surface area (Å²) in [4.78, 5) is 16.0. The third-order valence-corrected chi connectivity index (χ3v) is 7.01. The third kappa shape index (κ3) is 4.99. The number of halogens is 2. The van der Waals surface area contributed by atoms with Gasteiger partial charge >= 0.3 is 0 Å². The molecule has 0 saturated carbocycles. The van der Waals surface area contributed by atoms with E-state index in [4.69, 9.17) is 23.2 Å². The average molecular weight is 487 g/mol. The number of hydrogen-bond acceptors (Lipinski definition) is 3. The molecular formula is C24H20Cl2N2O3S. The molecule has 3 aromatic carbocycles. The summed E-state index contributed by atoms with van der Waals surface area (Å²) < 4.78 is 27.1. The van der Waals surface area contributed by atoms with Crippen LogP contribution in [0.4, 0.5) is 0 Å². The maximum atomic E-state index is 12.7. The Morgan fingerprint density at radius 2 is 1.75 bits per heavy atom. The van der Waals surface area contributed by atoms with Gasteiger partial charge in [-0.05, 0) is 53.9 Å². The average Bonchev–Trinajstić information content (AvgIpc) is 3.04. The molecule has 0 aliphatic carbocycles. The monoisotopic (exact) mass is 486 g/mol. The van der Waals surface area contributed by atoms with Crippen LogP contribution in [0.25, 0.3) is 10.9 Å². The Bertz CT molecular complexity index is 1410. The minimum atomic E-state index is -3.84. The van der Waals surface area contributed by atoms with Gasteiger partial charge in [0, 0.05) is 38.6 Å². The molecule has 32 heavy (non-hydrogen) atoms. The van der Waals surface area contributed by atoms with Crippen molar-refractivity contribution in [3.63, 3.8) is 0 Å². The van der Waals surface area contributed by atoms with Crippen molar-refractivity contribution in [3.8, 4) is 0 Å². The molecular weight excluding hydrogens is 467 g/mol. The minimum absolute atomic E-state index is 0.261. The summed E-state index contributed by atoms with van der Waals surface area (Å²) in [5, 5.41) is 1.96. The summed E-state index contributed by atoms with van der Waals surface area (Å²) in [7, 11) is -3.84. The normalized spacial score (nSPS) is 11.6. The number of aromatic amines is 1. The fraction of sp³-hybridized carbons (Fsp3) is 0.125. The van der Waals surface area contributed by atoms with Crippen molar-refractivity contribution in [2.45, 2.75) is 19.1 Å². The number of amides is 1. The fourth-order valence-corrected chi connectivity index (χ4v) is 5.22. The molecule has 4 aromatic rings. The maximum Gasteiger partial charge on any atom is 0.264 e. The van der Waals surface area contributed by atoms with Crippen LogP contribution in [-0.4, -0.2) is 19.3 Å². The Labute approximate surface area is 196 Å². The van der Waals surface area contributed by atoms with Gasteiger partial charge in [-0.2, -0.15) is 0 Å².